The minimum Gasteiger partial charge on any atom is -0.477 e. The van der Waals surface area contributed by atoms with Crippen molar-refractivity contribution in [2.75, 3.05) is 13.2 Å². The Morgan fingerprint density at radius 3 is 1.85 bits per heavy atom. The van der Waals surface area contributed by atoms with Gasteiger partial charge in [-0.2, -0.15) is 0 Å². The van der Waals surface area contributed by atoms with E-state index in [0.717, 1.165) is 37.4 Å². The standard InChI is InChI=1S/C30H54N4O3.C10H17NO.2C2H6/c1-14-29(10,11)23(17-37-21(6)33-28(7,8)9)31-27(36)32-26(30(12,13)15-2)19(4)34-16-22-18(3)24(22)25(34)20(5)35;1-7(8(2)10(11)12)6-9-4-3-5-9;2*1-2/h18,22-26,33H,4,6,14-17H2,1-3,5,7-13H3,(H2,31,32,36);7,9H,2-6H2,1H3,(H2,11,12);2*1-2H3/t18?,22-,23?,24+,25?,26?;;;/m1.../s1. The molecule has 53 heavy (non-hydrogen) atoms. The van der Waals surface area contributed by atoms with E-state index in [0.29, 0.717) is 35.8 Å². The molecule has 3 aliphatic rings. The SMILES string of the molecule is C=C(C(N)=O)C(C)CC1CCC1.C=C(NC(C)(C)C)OCC(NC(=O)NC(C(=C)N1C[C@@H]2C(C)[C@@H]2C1C(C)=O)C(C)(C)CC)C(C)(C)CC.CC.CC. The van der Waals surface area contributed by atoms with Gasteiger partial charge in [0, 0.05) is 23.4 Å². The van der Waals surface area contributed by atoms with Gasteiger partial charge < -0.3 is 31.3 Å². The van der Waals surface area contributed by atoms with Crippen molar-refractivity contribution in [1.29, 1.82) is 0 Å². The lowest BCUT2D eigenvalue weighted by molar-refractivity contribution is -0.121. The third-order valence-corrected chi connectivity index (χ3v) is 11.8. The Morgan fingerprint density at radius 1 is 0.906 bits per heavy atom. The fourth-order valence-corrected chi connectivity index (χ4v) is 7.12. The van der Waals surface area contributed by atoms with E-state index in [1.807, 2.05) is 55.4 Å². The minimum atomic E-state index is -0.346. The lowest BCUT2D eigenvalue weighted by atomic mass is 9.78. The molecule has 2 saturated carbocycles. The zero-order valence-electron chi connectivity index (χ0n) is 37.1. The van der Waals surface area contributed by atoms with Crippen LogP contribution in [0.4, 0.5) is 4.79 Å². The van der Waals surface area contributed by atoms with Gasteiger partial charge in [-0.05, 0) is 94.0 Å². The number of hydrogen-bond donors (Lipinski definition) is 4. The number of nitrogens with zero attached hydrogens (tertiary/aromatic N) is 1. The molecule has 3 amide bonds. The lowest BCUT2D eigenvalue weighted by Gasteiger charge is -2.42. The molecule has 3 rings (SSSR count). The molecule has 9 heteroatoms. The van der Waals surface area contributed by atoms with Crippen LogP contribution in [0.1, 0.15) is 149 Å². The van der Waals surface area contributed by atoms with Gasteiger partial charge in [-0.25, -0.2) is 4.79 Å². The third kappa shape index (κ3) is 15.0. The van der Waals surface area contributed by atoms with Gasteiger partial charge in [-0.15, -0.1) is 0 Å². The van der Waals surface area contributed by atoms with E-state index in [2.05, 4.69) is 89.1 Å². The van der Waals surface area contributed by atoms with E-state index < -0.39 is 0 Å². The van der Waals surface area contributed by atoms with Gasteiger partial charge in [0.15, 0.2) is 11.7 Å². The van der Waals surface area contributed by atoms with Crippen LogP contribution in [0.3, 0.4) is 0 Å². The highest BCUT2D eigenvalue weighted by atomic mass is 16.5. The Hall–Kier alpha value is -2.97. The Morgan fingerprint density at radius 2 is 1.43 bits per heavy atom. The lowest BCUT2D eigenvalue weighted by Crippen LogP contribution is -2.57. The molecule has 5 unspecified atom stereocenters. The number of primary amides is 1. The minimum absolute atomic E-state index is 0.144. The summed E-state index contributed by atoms with van der Waals surface area (Å²) in [4.78, 5) is 39.0. The number of carbonyl (C=O) groups is 3. The summed E-state index contributed by atoms with van der Waals surface area (Å²) in [5.41, 5.74) is 5.94. The number of ether oxygens (including phenoxy) is 1. The monoisotopic (exact) mass is 746 g/mol. The predicted octanol–water partition coefficient (Wildman–Crippen LogP) is 9.35. The number of hydrogen-bond acceptors (Lipinski definition) is 6. The van der Waals surface area contributed by atoms with Gasteiger partial charge in [0.25, 0.3) is 0 Å². The van der Waals surface area contributed by atoms with Crippen molar-refractivity contribution in [2.45, 2.75) is 173 Å². The summed E-state index contributed by atoms with van der Waals surface area (Å²) in [6.07, 6.45) is 6.78. The van der Waals surface area contributed by atoms with Gasteiger partial charge in [-0.1, -0.05) is 116 Å². The summed E-state index contributed by atoms with van der Waals surface area (Å²) in [5, 5.41) is 9.67. The van der Waals surface area contributed by atoms with Crippen molar-refractivity contribution in [1.82, 2.24) is 20.9 Å². The average molecular weight is 746 g/mol. The first kappa shape index (κ1) is 50.0. The van der Waals surface area contributed by atoms with E-state index >= 15 is 0 Å². The highest BCUT2D eigenvalue weighted by Crippen LogP contribution is 2.56. The van der Waals surface area contributed by atoms with Crippen molar-refractivity contribution in [3.63, 3.8) is 0 Å². The molecule has 9 nitrogen and oxygen atoms in total. The van der Waals surface area contributed by atoms with Crippen LogP contribution < -0.4 is 21.7 Å². The molecule has 0 spiro atoms. The van der Waals surface area contributed by atoms with Crippen molar-refractivity contribution in [3.05, 3.63) is 36.9 Å². The Labute approximate surface area is 326 Å². The van der Waals surface area contributed by atoms with Crippen LogP contribution in [-0.2, 0) is 14.3 Å². The van der Waals surface area contributed by atoms with Crippen molar-refractivity contribution >= 4 is 17.7 Å². The summed E-state index contributed by atoms with van der Waals surface area (Å²) in [6.45, 7) is 46.1. The Bertz CT molecular complexity index is 1210. The van der Waals surface area contributed by atoms with Crippen LogP contribution >= 0.6 is 0 Å². The molecule has 0 bridgehead atoms. The molecule has 5 N–H and O–H groups in total. The second kappa shape index (κ2) is 21.8. The smallest absolute Gasteiger partial charge is 0.315 e. The molecule has 7 atom stereocenters. The maximum absolute atomic E-state index is 13.5. The van der Waals surface area contributed by atoms with Crippen LogP contribution in [-0.4, -0.2) is 59.4 Å². The van der Waals surface area contributed by atoms with Gasteiger partial charge in [0.05, 0.1) is 18.1 Å². The number of Topliss-reactive ketones (excluding diaryl/α,β-unsaturated/α-hetero) is 1. The maximum Gasteiger partial charge on any atom is 0.315 e. The van der Waals surface area contributed by atoms with Gasteiger partial charge in [-0.3, -0.25) is 9.59 Å². The second-order valence-electron chi connectivity index (χ2n) is 17.5. The summed E-state index contributed by atoms with van der Waals surface area (Å²) in [7, 11) is 0. The number of amides is 3. The van der Waals surface area contributed by atoms with Crippen LogP contribution in [0.5, 0.6) is 0 Å². The molecule has 0 aromatic rings. The topological polar surface area (TPSA) is 126 Å². The van der Waals surface area contributed by atoms with Gasteiger partial charge >= 0.3 is 6.03 Å². The molecule has 0 radical (unpaired) electrons. The summed E-state index contributed by atoms with van der Waals surface area (Å²) < 4.78 is 5.95. The molecule has 1 aliphatic heterocycles. The van der Waals surface area contributed by atoms with E-state index in [9.17, 15) is 14.4 Å². The van der Waals surface area contributed by atoms with Gasteiger partial charge in [0.2, 0.25) is 5.91 Å². The van der Waals surface area contributed by atoms with E-state index in [-0.39, 0.29) is 58.1 Å². The molecule has 0 aromatic carbocycles. The van der Waals surface area contributed by atoms with Gasteiger partial charge in [0.1, 0.15) is 6.61 Å². The van der Waals surface area contributed by atoms with Crippen LogP contribution in [0.25, 0.3) is 0 Å². The first-order valence-electron chi connectivity index (χ1n) is 20.6. The number of urea groups is 1. The van der Waals surface area contributed by atoms with Crippen LogP contribution in [0.2, 0.25) is 0 Å². The largest absolute Gasteiger partial charge is 0.477 e. The number of piperidine rings is 1. The molecule has 0 aromatic heterocycles. The van der Waals surface area contributed by atoms with E-state index in [4.69, 9.17) is 10.5 Å². The first-order chi connectivity index (χ1) is 24.5. The zero-order valence-corrected chi connectivity index (χ0v) is 37.1. The molecule has 2 aliphatic carbocycles. The predicted molar refractivity (Wildman–Crippen MR) is 224 cm³/mol. The van der Waals surface area contributed by atoms with E-state index in [1.54, 1.807) is 6.92 Å². The fraction of sp³-hybridized carbons (Fsp3) is 0.795. The molecule has 3 fully saturated rings. The molecule has 1 heterocycles. The second-order valence-corrected chi connectivity index (χ2v) is 17.5. The number of rotatable bonds is 17. The zero-order chi connectivity index (χ0) is 41.6. The summed E-state index contributed by atoms with van der Waals surface area (Å²) >= 11 is 0. The summed E-state index contributed by atoms with van der Waals surface area (Å²) in [6, 6.07) is -0.945. The van der Waals surface area contributed by atoms with Crippen molar-refractivity contribution in [2.24, 2.45) is 46.2 Å². The molecular formula is C44H83N5O4. The average Bonchev–Trinajstić information content (AvgIpc) is 3.48. The summed E-state index contributed by atoms with van der Waals surface area (Å²) in [5.74, 6) is 2.92. The molecule has 308 valence electrons. The number of nitrogens with one attached hydrogen (secondary N) is 3. The van der Waals surface area contributed by atoms with Crippen molar-refractivity contribution in [3.8, 4) is 0 Å². The molecule has 1 saturated heterocycles. The number of nitrogens with two attached hydrogens (primary N) is 1. The fourth-order valence-electron chi connectivity index (χ4n) is 7.12. The highest BCUT2D eigenvalue weighted by Gasteiger charge is 2.61. The normalized spacial score (nSPS) is 22.2. The highest BCUT2D eigenvalue weighted by molar-refractivity contribution is 5.91. The van der Waals surface area contributed by atoms with Crippen LogP contribution in [0, 0.1) is 40.4 Å². The number of fused-ring (bicyclic) bond motifs is 1. The quantitative estimate of drug-likeness (QED) is 0.0869. The Balaban J connectivity index is 0.00000141. The maximum atomic E-state index is 13.5. The third-order valence-electron chi connectivity index (χ3n) is 11.8. The van der Waals surface area contributed by atoms with E-state index in [1.165, 1.54) is 19.3 Å². The Kier molecular flexibility index (Phi) is 20.6. The number of likely N-dealkylation sites (tertiary alicyclic amines) is 1. The molecular weight excluding hydrogens is 663 g/mol. The first-order valence-corrected chi connectivity index (χ1v) is 20.6. The number of carbonyl (C=O) groups excluding carboxylic acids is 3. The van der Waals surface area contributed by atoms with Crippen molar-refractivity contribution < 1.29 is 19.1 Å². The van der Waals surface area contributed by atoms with Crippen LogP contribution in [0.15, 0.2) is 36.9 Å². The number of ketones is 1.